The number of benzene rings is 1. The number of carboxylic acids is 4. The molecule has 0 heterocycles. The number of rotatable bonds is 4. The molecule has 8 heteroatoms. The Morgan fingerprint density at radius 3 is 0.850 bits per heavy atom. The molecule has 0 aromatic heterocycles. The maximum absolute atomic E-state index is 10.6. The molecule has 0 N–H and O–H groups in total. The molecule has 1 aromatic carbocycles. The molecule has 0 amide bonds. The van der Waals surface area contributed by atoms with Gasteiger partial charge in [0, 0.05) is 22.3 Å². The molecule has 20 heavy (non-hydrogen) atoms. The summed E-state index contributed by atoms with van der Waals surface area (Å²) in [5.41, 5.74) is -4.11. The zero-order chi connectivity index (χ0) is 16.0. The van der Waals surface area contributed by atoms with E-state index >= 15 is 0 Å². The fraction of sp³-hybridized carbons (Fsp3) is 0.167. The molecule has 1 aromatic rings. The van der Waals surface area contributed by atoms with E-state index in [1.54, 1.807) is 0 Å². The zero-order valence-corrected chi connectivity index (χ0v) is 10.4. The van der Waals surface area contributed by atoms with Crippen LogP contribution in [-0.4, -0.2) is 23.9 Å². The molecule has 8 nitrogen and oxygen atoms in total. The molecule has 0 aliphatic carbocycles. The van der Waals surface area contributed by atoms with Gasteiger partial charge in [-0.3, -0.25) is 0 Å². The van der Waals surface area contributed by atoms with Crippen molar-refractivity contribution in [3.63, 3.8) is 0 Å². The largest absolute Gasteiger partial charge is 0.545 e. The molecule has 0 fully saturated rings. The maximum atomic E-state index is 10.6. The van der Waals surface area contributed by atoms with Gasteiger partial charge in [-0.25, -0.2) is 0 Å². The van der Waals surface area contributed by atoms with Crippen LogP contribution in [0.1, 0.15) is 55.3 Å². The topological polar surface area (TPSA) is 161 Å². The van der Waals surface area contributed by atoms with Gasteiger partial charge >= 0.3 is 0 Å². The third-order valence-corrected chi connectivity index (χ3v) is 2.04. The van der Waals surface area contributed by atoms with E-state index in [0.717, 1.165) is 0 Å². The Labute approximate surface area is 112 Å². The SMILES string of the molecule is CC.O=C([O-])c1cc(C(=O)[O-])c(C(=O)[O-])cc1C(=O)[O-]. The summed E-state index contributed by atoms with van der Waals surface area (Å²) in [6.45, 7) is 4.00. The number of carboxylic acid groups (broad SMARTS) is 4. The lowest BCUT2D eigenvalue weighted by molar-refractivity contribution is -0.261. The first kappa shape index (κ1) is 17.1. The fourth-order valence-corrected chi connectivity index (χ4v) is 1.28. The average Bonchev–Trinajstić information content (AvgIpc) is 2.38. The molecular weight excluding hydrogens is 272 g/mol. The molecule has 0 spiro atoms. The van der Waals surface area contributed by atoms with E-state index in [1.807, 2.05) is 13.8 Å². The highest BCUT2D eigenvalue weighted by molar-refractivity contribution is 6.07. The van der Waals surface area contributed by atoms with Crippen LogP contribution in [0.5, 0.6) is 0 Å². The summed E-state index contributed by atoms with van der Waals surface area (Å²) in [5.74, 6) is -7.99. The molecule has 0 unspecified atom stereocenters. The summed E-state index contributed by atoms with van der Waals surface area (Å²) >= 11 is 0. The Kier molecular flexibility index (Phi) is 5.88. The van der Waals surface area contributed by atoms with Gasteiger partial charge in [-0.05, 0) is 12.1 Å². The number of carbonyl (C=O) groups is 4. The Hall–Kier alpha value is -2.90. The minimum Gasteiger partial charge on any atom is -0.545 e. The van der Waals surface area contributed by atoms with Gasteiger partial charge in [0.2, 0.25) is 0 Å². The number of hydrogen-bond acceptors (Lipinski definition) is 8. The Morgan fingerprint density at radius 1 is 0.600 bits per heavy atom. The monoisotopic (exact) mass is 280 g/mol. The van der Waals surface area contributed by atoms with Crippen LogP contribution in [0.25, 0.3) is 0 Å². The Morgan fingerprint density at radius 2 is 0.750 bits per heavy atom. The van der Waals surface area contributed by atoms with Gasteiger partial charge in [0.15, 0.2) is 0 Å². The van der Waals surface area contributed by atoms with E-state index < -0.39 is 46.1 Å². The van der Waals surface area contributed by atoms with Crippen LogP contribution < -0.4 is 20.4 Å². The zero-order valence-electron chi connectivity index (χ0n) is 10.4. The van der Waals surface area contributed by atoms with E-state index in [0.29, 0.717) is 12.1 Å². The lowest BCUT2D eigenvalue weighted by Crippen LogP contribution is -2.34. The summed E-state index contributed by atoms with van der Waals surface area (Å²) < 4.78 is 0. The van der Waals surface area contributed by atoms with Crippen molar-refractivity contribution in [1.29, 1.82) is 0 Å². The van der Waals surface area contributed by atoms with Crippen molar-refractivity contribution >= 4 is 23.9 Å². The molecule has 0 aliphatic heterocycles. The number of hydrogen-bond donors (Lipinski definition) is 0. The smallest absolute Gasteiger partial charge is 0.0722 e. The summed E-state index contributed by atoms with van der Waals surface area (Å²) in [6.07, 6.45) is 0. The first-order valence-electron chi connectivity index (χ1n) is 5.29. The van der Waals surface area contributed by atoms with E-state index in [1.165, 1.54) is 0 Å². The third kappa shape index (κ3) is 3.55. The van der Waals surface area contributed by atoms with Crippen molar-refractivity contribution in [3.05, 3.63) is 34.4 Å². The first-order valence-corrected chi connectivity index (χ1v) is 5.29. The van der Waals surface area contributed by atoms with Crippen LogP contribution in [0.3, 0.4) is 0 Å². The van der Waals surface area contributed by atoms with Crippen LogP contribution in [-0.2, 0) is 0 Å². The quantitative estimate of drug-likeness (QED) is 0.541. The molecule has 1 rings (SSSR count). The number of carbonyl (C=O) groups excluding carboxylic acids is 4. The molecular formula is C12H8O8-4. The first-order chi connectivity index (χ1) is 9.25. The highest BCUT2D eigenvalue weighted by Gasteiger charge is 2.13. The lowest BCUT2D eigenvalue weighted by atomic mass is 9.98. The predicted octanol–water partition coefficient (Wildman–Crippen LogP) is -3.83. The molecule has 0 bridgehead atoms. The van der Waals surface area contributed by atoms with Gasteiger partial charge in [0.1, 0.15) is 0 Å². The van der Waals surface area contributed by atoms with Crippen LogP contribution in [0.15, 0.2) is 12.1 Å². The second kappa shape index (κ2) is 6.88. The van der Waals surface area contributed by atoms with Crippen LogP contribution in [0, 0.1) is 0 Å². The Bertz CT molecular complexity index is 475. The second-order valence-electron chi connectivity index (χ2n) is 3.09. The van der Waals surface area contributed by atoms with E-state index in [-0.39, 0.29) is 0 Å². The van der Waals surface area contributed by atoms with E-state index in [2.05, 4.69) is 0 Å². The van der Waals surface area contributed by atoms with Crippen molar-refractivity contribution in [2.75, 3.05) is 0 Å². The van der Waals surface area contributed by atoms with Crippen LogP contribution in [0.2, 0.25) is 0 Å². The van der Waals surface area contributed by atoms with Gasteiger partial charge in [0.05, 0.1) is 23.9 Å². The minimum atomic E-state index is -2.00. The normalized spacial score (nSPS) is 9.10. The minimum absolute atomic E-state index is 0.306. The van der Waals surface area contributed by atoms with E-state index in [9.17, 15) is 39.6 Å². The van der Waals surface area contributed by atoms with Crippen LogP contribution >= 0.6 is 0 Å². The van der Waals surface area contributed by atoms with Gasteiger partial charge in [-0.2, -0.15) is 0 Å². The molecule has 0 saturated carbocycles. The fourth-order valence-electron chi connectivity index (χ4n) is 1.28. The molecule has 0 saturated heterocycles. The number of aromatic carboxylic acids is 4. The van der Waals surface area contributed by atoms with Gasteiger partial charge in [-0.1, -0.05) is 13.8 Å². The molecule has 0 aliphatic rings. The summed E-state index contributed by atoms with van der Waals surface area (Å²) in [5, 5.41) is 42.4. The van der Waals surface area contributed by atoms with Crippen LogP contribution in [0.4, 0.5) is 0 Å². The second-order valence-corrected chi connectivity index (χ2v) is 3.09. The summed E-state index contributed by atoms with van der Waals surface area (Å²) in [7, 11) is 0. The average molecular weight is 280 g/mol. The van der Waals surface area contributed by atoms with Gasteiger partial charge < -0.3 is 39.6 Å². The molecule has 108 valence electrons. The highest BCUT2D eigenvalue weighted by Crippen LogP contribution is 2.16. The summed E-state index contributed by atoms with van der Waals surface area (Å²) in [4.78, 5) is 42.4. The van der Waals surface area contributed by atoms with E-state index in [4.69, 9.17) is 0 Å². The predicted molar refractivity (Wildman–Crippen MR) is 55.1 cm³/mol. The lowest BCUT2D eigenvalue weighted by Gasteiger charge is -2.18. The highest BCUT2D eigenvalue weighted by atomic mass is 16.4. The van der Waals surface area contributed by atoms with Gasteiger partial charge in [0.25, 0.3) is 0 Å². The standard InChI is InChI=1S/C10H6O8.C2H6/c11-7(12)3-1-4(8(13)14)6(10(17)18)2-5(3)9(15)16;1-2/h1-2H,(H,11,12)(H,13,14)(H,15,16)(H,17,18);1-2H3/p-4. The Balaban J connectivity index is 0.00000172. The van der Waals surface area contributed by atoms with Gasteiger partial charge in [-0.15, -0.1) is 0 Å². The van der Waals surface area contributed by atoms with Crippen molar-refractivity contribution in [1.82, 2.24) is 0 Å². The van der Waals surface area contributed by atoms with Crippen molar-refractivity contribution < 1.29 is 39.6 Å². The third-order valence-electron chi connectivity index (χ3n) is 2.04. The summed E-state index contributed by atoms with van der Waals surface area (Å²) in [6, 6.07) is 0.613. The molecule has 0 radical (unpaired) electrons. The van der Waals surface area contributed by atoms with Crippen molar-refractivity contribution in [2.24, 2.45) is 0 Å². The molecule has 0 atom stereocenters. The maximum Gasteiger partial charge on any atom is 0.0722 e. The van der Waals surface area contributed by atoms with Crippen molar-refractivity contribution in [2.45, 2.75) is 13.8 Å². The van der Waals surface area contributed by atoms with Crippen molar-refractivity contribution in [3.8, 4) is 0 Å².